The lowest BCUT2D eigenvalue weighted by Crippen LogP contribution is -2.10. The van der Waals surface area contributed by atoms with E-state index in [-0.39, 0.29) is 0 Å². The van der Waals surface area contributed by atoms with Crippen molar-refractivity contribution in [1.29, 1.82) is 0 Å². The number of hydrogen-bond acceptors (Lipinski definition) is 3. The van der Waals surface area contributed by atoms with Crippen molar-refractivity contribution in [2.24, 2.45) is 5.73 Å². The smallest absolute Gasteiger partial charge is 0.122 e. The van der Waals surface area contributed by atoms with Crippen LogP contribution >= 0.6 is 0 Å². The summed E-state index contributed by atoms with van der Waals surface area (Å²) in [6.45, 7) is 5.82. The van der Waals surface area contributed by atoms with Crippen LogP contribution in [0.4, 0.5) is 0 Å². The van der Waals surface area contributed by atoms with Gasteiger partial charge in [-0.15, -0.1) is 0 Å². The van der Waals surface area contributed by atoms with E-state index < -0.39 is 0 Å². The molecule has 0 radical (unpaired) electrons. The van der Waals surface area contributed by atoms with Crippen LogP contribution < -0.4 is 15.2 Å². The average Bonchev–Trinajstić information content (AvgIpc) is 2.48. The van der Waals surface area contributed by atoms with Gasteiger partial charge in [-0.25, -0.2) is 0 Å². The molecule has 0 bridgehead atoms. The van der Waals surface area contributed by atoms with Gasteiger partial charge in [0.25, 0.3) is 0 Å². The average molecular weight is 285 g/mol. The van der Waals surface area contributed by atoms with Crippen molar-refractivity contribution in [2.75, 3.05) is 19.8 Å². The van der Waals surface area contributed by atoms with Crippen LogP contribution in [0.2, 0.25) is 0 Å². The third-order valence-corrected chi connectivity index (χ3v) is 3.28. The first-order valence-corrected chi connectivity index (χ1v) is 7.31. The zero-order valence-electron chi connectivity index (χ0n) is 12.8. The van der Waals surface area contributed by atoms with E-state index in [2.05, 4.69) is 31.2 Å². The number of hydrogen-bond donors (Lipinski definition) is 1. The standard InChI is InChI=1S/C18H23NO2/c1-14-6-7-15(2)18(12-14)21-11-10-20-17-5-3-4-16(13-17)8-9-19/h3-7,12-13H,8-11,19H2,1-2H3. The van der Waals surface area contributed by atoms with Crippen molar-refractivity contribution >= 4 is 0 Å². The summed E-state index contributed by atoms with van der Waals surface area (Å²) in [5.74, 6) is 1.79. The van der Waals surface area contributed by atoms with E-state index in [4.69, 9.17) is 15.2 Å². The van der Waals surface area contributed by atoms with E-state index >= 15 is 0 Å². The predicted octanol–water partition coefficient (Wildman–Crippen LogP) is 3.26. The Balaban J connectivity index is 1.81. The fraction of sp³-hybridized carbons (Fsp3) is 0.333. The van der Waals surface area contributed by atoms with Gasteiger partial charge in [0, 0.05) is 0 Å². The first-order chi connectivity index (χ1) is 10.2. The summed E-state index contributed by atoms with van der Waals surface area (Å²) in [7, 11) is 0. The molecule has 2 rings (SSSR count). The van der Waals surface area contributed by atoms with Crippen molar-refractivity contribution in [1.82, 2.24) is 0 Å². The van der Waals surface area contributed by atoms with Gasteiger partial charge in [-0.05, 0) is 61.7 Å². The van der Waals surface area contributed by atoms with E-state index in [1.165, 1.54) is 11.1 Å². The normalized spacial score (nSPS) is 10.4. The summed E-state index contributed by atoms with van der Waals surface area (Å²) >= 11 is 0. The van der Waals surface area contributed by atoms with Crippen LogP contribution in [0.5, 0.6) is 11.5 Å². The highest BCUT2D eigenvalue weighted by molar-refractivity contribution is 5.36. The van der Waals surface area contributed by atoms with E-state index in [0.29, 0.717) is 19.8 Å². The van der Waals surface area contributed by atoms with E-state index in [1.54, 1.807) is 0 Å². The van der Waals surface area contributed by atoms with Crippen LogP contribution in [0.15, 0.2) is 42.5 Å². The number of rotatable bonds is 7. The van der Waals surface area contributed by atoms with Gasteiger partial charge in [0.15, 0.2) is 0 Å². The third kappa shape index (κ3) is 4.80. The molecular formula is C18H23NO2. The Morgan fingerprint density at radius 1 is 0.952 bits per heavy atom. The Hall–Kier alpha value is -2.00. The molecule has 21 heavy (non-hydrogen) atoms. The van der Waals surface area contributed by atoms with Crippen molar-refractivity contribution in [3.05, 3.63) is 59.2 Å². The molecule has 0 amide bonds. The Morgan fingerprint density at radius 3 is 2.57 bits per heavy atom. The minimum atomic E-state index is 0.527. The van der Waals surface area contributed by atoms with Crippen LogP contribution in [-0.2, 0) is 6.42 Å². The summed E-state index contributed by atoms with van der Waals surface area (Å²) in [4.78, 5) is 0. The second kappa shape index (κ2) is 7.70. The topological polar surface area (TPSA) is 44.5 Å². The van der Waals surface area contributed by atoms with Gasteiger partial charge in [-0.3, -0.25) is 0 Å². The van der Waals surface area contributed by atoms with Gasteiger partial charge in [-0.1, -0.05) is 24.3 Å². The molecule has 0 aliphatic heterocycles. The van der Waals surface area contributed by atoms with Gasteiger partial charge in [0.1, 0.15) is 24.7 Å². The fourth-order valence-corrected chi connectivity index (χ4v) is 2.13. The number of benzene rings is 2. The lowest BCUT2D eigenvalue weighted by Gasteiger charge is -2.11. The Kier molecular flexibility index (Phi) is 5.64. The molecule has 2 aromatic rings. The highest BCUT2D eigenvalue weighted by Crippen LogP contribution is 2.19. The molecule has 0 fully saturated rings. The quantitative estimate of drug-likeness (QED) is 0.794. The second-order valence-electron chi connectivity index (χ2n) is 5.15. The van der Waals surface area contributed by atoms with E-state index in [0.717, 1.165) is 23.5 Å². The van der Waals surface area contributed by atoms with Crippen LogP contribution in [0.25, 0.3) is 0 Å². The molecule has 3 nitrogen and oxygen atoms in total. The zero-order chi connectivity index (χ0) is 15.1. The van der Waals surface area contributed by atoms with Gasteiger partial charge in [0.05, 0.1) is 0 Å². The molecule has 0 saturated heterocycles. The molecule has 0 heterocycles. The monoisotopic (exact) mass is 285 g/mol. The summed E-state index contributed by atoms with van der Waals surface area (Å²) in [6.07, 6.45) is 0.871. The van der Waals surface area contributed by atoms with Crippen LogP contribution in [0, 0.1) is 13.8 Å². The Morgan fingerprint density at radius 2 is 1.76 bits per heavy atom. The molecule has 3 heteroatoms. The maximum Gasteiger partial charge on any atom is 0.122 e. The molecule has 2 aromatic carbocycles. The molecule has 0 aromatic heterocycles. The number of nitrogens with two attached hydrogens (primary N) is 1. The zero-order valence-corrected chi connectivity index (χ0v) is 12.8. The molecule has 0 aliphatic rings. The second-order valence-corrected chi connectivity index (χ2v) is 5.15. The van der Waals surface area contributed by atoms with Gasteiger partial charge in [-0.2, -0.15) is 0 Å². The van der Waals surface area contributed by atoms with Gasteiger partial charge in [0.2, 0.25) is 0 Å². The van der Waals surface area contributed by atoms with E-state index in [1.807, 2.05) is 25.1 Å². The Labute approximate surface area is 126 Å². The molecule has 0 aliphatic carbocycles. The predicted molar refractivity (Wildman–Crippen MR) is 86.1 cm³/mol. The minimum Gasteiger partial charge on any atom is -0.490 e. The molecular weight excluding hydrogens is 262 g/mol. The number of ether oxygens (including phenoxy) is 2. The third-order valence-electron chi connectivity index (χ3n) is 3.28. The lowest BCUT2D eigenvalue weighted by atomic mass is 10.1. The first-order valence-electron chi connectivity index (χ1n) is 7.31. The van der Waals surface area contributed by atoms with Gasteiger partial charge >= 0.3 is 0 Å². The fourth-order valence-electron chi connectivity index (χ4n) is 2.13. The summed E-state index contributed by atoms with van der Waals surface area (Å²) in [6, 6.07) is 14.3. The summed E-state index contributed by atoms with van der Waals surface area (Å²) < 4.78 is 11.5. The SMILES string of the molecule is Cc1ccc(C)c(OCCOc2cccc(CCN)c2)c1. The first kappa shape index (κ1) is 15.4. The van der Waals surface area contributed by atoms with Gasteiger partial charge < -0.3 is 15.2 Å². The summed E-state index contributed by atoms with van der Waals surface area (Å²) in [5, 5.41) is 0. The number of aryl methyl sites for hydroxylation is 2. The molecule has 0 unspecified atom stereocenters. The highest BCUT2D eigenvalue weighted by Gasteiger charge is 2.01. The maximum absolute atomic E-state index is 5.77. The molecule has 0 saturated carbocycles. The molecule has 2 N–H and O–H groups in total. The van der Waals surface area contributed by atoms with Crippen molar-refractivity contribution in [2.45, 2.75) is 20.3 Å². The van der Waals surface area contributed by atoms with Crippen LogP contribution in [0.1, 0.15) is 16.7 Å². The van der Waals surface area contributed by atoms with Crippen molar-refractivity contribution in [3.63, 3.8) is 0 Å². The molecule has 112 valence electrons. The molecule has 0 spiro atoms. The molecule has 0 atom stereocenters. The minimum absolute atomic E-state index is 0.527. The Bertz CT molecular complexity index is 581. The van der Waals surface area contributed by atoms with Crippen molar-refractivity contribution in [3.8, 4) is 11.5 Å². The summed E-state index contributed by atoms with van der Waals surface area (Å²) in [5.41, 5.74) is 9.11. The highest BCUT2D eigenvalue weighted by atomic mass is 16.5. The van der Waals surface area contributed by atoms with Crippen LogP contribution in [0.3, 0.4) is 0 Å². The lowest BCUT2D eigenvalue weighted by molar-refractivity contribution is 0.216. The van der Waals surface area contributed by atoms with E-state index in [9.17, 15) is 0 Å². The van der Waals surface area contributed by atoms with Crippen molar-refractivity contribution < 1.29 is 9.47 Å². The van der Waals surface area contributed by atoms with Crippen LogP contribution in [-0.4, -0.2) is 19.8 Å². The maximum atomic E-state index is 5.77. The largest absolute Gasteiger partial charge is 0.490 e.